The average molecular weight is 605 g/mol. The zero-order valence-electron chi connectivity index (χ0n) is 23.3. The highest BCUT2D eigenvalue weighted by Gasteiger charge is 2.34. The van der Waals surface area contributed by atoms with Crippen molar-refractivity contribution in [1.82, 2.24) is 10.2 Å². The quantitative estimate of drug-likeness (QED) is 0.285. The second-order valence-electron chi connectivity index (χ2n) is 10.0. The van der Waals surface area contributed by atoms with Gasteiger partial charge in [0.05, 0.1) is 10.6 Å². The molecule has 0 aliphatic carbocycles. The van der Waals surface area contributed by atoms with Gasteiger partial charge in [-0.2, -0.15) is 0 Å². The first-order chi connectivity index (χ1) is 18.8. The molecule has 0 radical (unpaired) electrons. The van der Waals surface area contributed by atoms with E-state index in [-0.39, 0.29) is 39.1 Å². The lowest BCUT2D eigenvalue weighted by Gasteiger charge is -2.33. The molecule has 2 amide bonds. The van der Waals surface area contributed by atoms with Crippen molar-refractivity contribution in [2.45, 2.75) is 64.6 Å². The van der Waals surface area contributed by atoms with Crippen LogP contribution in [0.2, 0.25) is 10.0 Å². The third-order valence-electron chi connectivity index (χ3n) is 6.31. The van der Waals surface area contributed by atoms with Gasteiger partial charge in [-0.25, -0.2) is 8.42 Å². The summed E-state index contributed by atoms with van der Waals surface area (Å²) in [4.78, 5) is 28.7. The lowest BCUT2D eigenvalue weighted by Crippen LogP contribution is -2.53. The van der Waals surface area contributed by atoms with Crippen LogP contribution in [0.5, 0.6) is 0 Å². The first-order valence-corrected chi connectivity index (χ1v) is 15.2. The minimum Gasteiger partial charge on any atom is -0.352 e. The Kier molecular flexibility index (Phi) is 10.6. The van der Waals surface area contributed by atoms with Crippen LogP contribution in [0, 0.1) is 13.8 Å². The van der Waals surface area contributed by atoms with Gasteiger partial charge in [0, 0.05) is 22.6 Å². The summed E-state index contributed by atoms with van der Waals surface area (Å²) in [6, 6.07) is 17.4. The average Bonchev–Trinajstić information content (AvgIpc) is 2.87. The van der Waals surface area contributed by atoms with Gasteiger partial charge in [-0.3, -0.25) is 13.9 Å². The molecule has 1 atom stereocenters. The fourth-order valence-electron chi connectivity index (χ4n) is 4.24. The largest absolute Gasteiger partial charge is 0.352 e. The van der Waals surface area contributed by atoms with Crippen molar-refractivity contribution >= 4 is 50.7 Å². The van der Waals surface area contributed by atoms with Gasteiger partial charge in [0.2, 0.25) is 11.8 Å². The normalized spacial score (nSPS) is 12.2. The number of hydrogen-bond donors (Lipinski definition) is 1. The van der Waals surface area contributed by atoms with Crippen molar-refractivity contribution in [3.63, 3.8) is 0 Å². The monoisotopic (exact) mass is 603 g/mol. The Balaban J connectivity index is 2.09. The van der Waals surface area contributed by atoms with Crippen LogP contribution in [0.15, 0.2) is 71.6 Å². The van der Waals surface area contributed by atoms with Gasteiger partial charge in [-0.1, -0.05) is 77.7 Å². The van der Waals surface area contributed by atoms with Crippen molar-refractivity contribution < 1.29 is 18.0 Å². The first-order valence-electron chi connectivity index (χ1n) is 13.0. The van der Waals surface area contributed by atoms with Crippen molar-refractivity contribution in [2.75, 3.05) is 10.8 Å². The number of nitrogens with zero attached hydrogens (tertiary/aromatic N) is 2. The Morgan fingerprint density at radius 3 is 1.90 bits per heavy atom. The molecule has 3 aromatic rings. The number of halogens is 2. The summed E-state index contributed by atoms with van der Waals surface area (Å²) in [5.41, 5.74) is 2.90. The topological polar surface area (TPSA) is 86.8 Å². The summed E-state index contributed by atoms with van der Waals surface area (Å²) in [5.74, 6) is -0.852. The van der Waals surface area contributed by atoms with Crippen LogP contribution in [-0.2, 0) is 26.2 Å². The first kappa shape index (κ1) is 31.5. The highest BCUT2D eigenvalue weighted by molar-refractivity contribution is 7.92. The van der Waals surface area contributed by atoms with Crippen molar-refractivity contribution in [2.24, 2.45) is 0 Å². The predicted octanol–water partition coefficient (Wildman–Crippen LogP) is 6.14. The molecule has 0 aliphatic heterocycles. The molecule has 7 nitrogen and oxygen atoms in total. The Hall–Kier alpha value is -3.07. The number of nitrogens with one attached hydrogen (secondary N) is 1. The molecular weight excluding hydrogens is 569 g/mol. The number of benzene rings is 3. The van der Waals surface area contributed by atoms with E-state index in [1.807, 2.05) is 58.9 Å². The third-order valence-corrected chi connectivity index (χ3v) is 8.54. The molecule has 0 unspecified atom stereocenters. The number of hydrogen-bond acceptors (Lipinski definition) is 4. The summed E-state index contributed by atoms with van der Waals surface area (Å²) >= 11 is 12.5. The zero-order valence-corrected chi connectivity index (χ0v) is 25.6. The van der Waals surface area contributed by atoms with E-state index >= 15 is 0 Å². The van der Waals surface area contributed by atoms with Crippen LogP contribution >= 0.6 is 23.2 Å². The Morgan fingerprint density at radius 2 is 1.40 bits per heavy atom. The minimum absolute atomic E-state index is 0.0108. The Labute approximate surface area is 247 Å². The van der Waals surface area contributed by atoms with Gasteiger partial charge in [-0.15, -0.1) is 0 Å². The maximum Gasteiger partial charge on any atom is 0.264 e. The molecule has 0 aliphatic rings. The zero-order chi connectivity index (χ0) is 29.6. The van der Waals surface area contributed by atoms with Gasteiger partial charge in [0.1, 0.15) is 12.6 Å². The molecule has 0 heterocycles. The number of sulfonamides is 1. The highest BCUT2D eigenvalue weighted by atomic mass is 35.5. The molecule has 0 bridgehead atoms. The van der Waals surface area contributed by atoms with Gasteiger partial charge < -0.3 is 10.2 Å². The Bertz CT molecular complexity index is 1420. The SMILES string of the molecule is CC[C@@H](C(=O)NC(C)C)N(Cc1ccc(C)cc1)C(=O)CN(c1cc(Cl)cc(Cl)c1)S(=O)(=O)c1ccc(C)cc1. The van der Waals surface area contributed by atoms with Crippen LogP contribution < -0.4 is 9.62 Å². The van der Waals surface area contributed by atoms with E-state index in [4.69, 9.17) is 23.2 Å². The molecule has 0 saturated carbocycles. The smallest absolute Gasteiger partial charge is 0.264 e. The maximum atomic E-state index is 14.1. The summed E-state index contributed by atoms with van der Waals surface area (Å²) in [6.07, 6.45) is 0.337. The third kappa shape index (κ3) is 7.99. The lowest BCUT2D eigenvalue weighted by atomic mass is 10.1. The van der Waals surface area contributed by atoms with Crippen LogP contribution in [0.3, 0.4) is 0 Å². The molecule has 0 spiro atoms. The second kappa shape index (κ2) is 13.5. The van der Waals surface area contributed by atoms with E-state index in [1.165, 1.54) is 35.2 Å². The fraction of sp³-hybridized carbons (Fsp3) is 0.333. The number of carbonyl (C=O) groups excluding carboxylic acids is 2. The van der Waals surface area contributed by atoms with Crippen LogP contribution in [0.25, 0.3) is 0 Å². The van der Waals surface area contributed by atoms with E-state index in [9.17, 15) is 18.0 Å². The highest BCUT2D eigenvalue weighted by Crippen LogP contribution is 2.30. The second-order valence-corrected chi connectivity index (χ2v) is 12.8. The van der Waals surface area contributed by atoms with E-state index in [2.05, 4.69) is 5.32 Å². The van der Waals surface area contributed by atoms with E-state index < -0.39 is 28.5 Å². The van der Waals surface area contributed by atoms with Crippen LogP contribution in [0.1, 0.15) is 43.9 Å². The van der Waals surface area contributed by atoms with Crippen molar-refractivity contribution in [3.05, 3.63) is 93.5 Å². The van der Waals surface area contributed by atoms with Crippen molar-refractivity contribution in [3.8, 4) is 0 Å². The van der Waals surface area contributed by atoms with Gasteiger partial charge in [0.25, 0.3) is 10.0 Å². The van der Waals surface area contributed by atoms with Gasteiger partial charge in [-0.05, 0) is 70.0 Å². The molecule has 1 N–H and O–H groups in total. The van der Waals surface area contributed by atoms with Crippen LogP contribution in [0.4, 0.5) is 5.69 Å². The standard InChI is InChI=1S/C30H35Cl2N3O4S/c1-6-28(30(37)33-20(2)3)34(18-23-11-7-21(4)8-12-23)29(36)19-35(26-16-24(31)15-25(32)17-26)40(38,39)27-13-9-22(5)10-14-27/h7-17,20,28H,6,18-19H2,1-5H3,(H,33,37)/t28-/m0/s1. The van der Waals surface area contributed by atoms with Crippen LogP contribution in [-0.4, -0.2) is 43.8 Å². The summed E-state index contributed by atoms with van der Waals surface area (Å²) < 4.78 is 28.9. The molecule has 0 saturated heterocycles. The number of amides is 2. The molecule has 3 aromatic carbocycles. The summed E-state index contributed by atoms with van der Waals surface area (Å²) in [6.45, 7) is 8.87. The van der Waals surface area contributed by atoms with Gasteiger partial charge >= 0.3 is 0 Å². The number of aryl methyl sites for hydroxylation is 2. The molecule has 0 fully saturated rings. The summed E-state index contributed by atoms with van der Waals surface area (Å²) in [7, 11) is -4.22. The molecule has 40 heavy (non-hydrogen) atoms. The number of carbonyl (C=O) groups is 2. The molecule has 3 rings (SSSR count). The van der Waals surface area contributed by atoms with E-state index in [1.54, 1.807) is 12.1 Å². The summed E-state index contributed by atoms with van der Waals surface area (Å²) in [5, 5.41) is 3.33. The molecular formula is C30H35Cl2N3O4S. The fourth-order valence-corrected chi connectivity index (χ4v) is 6.15. The number of anilines is 1. The Morgan fingerprint density at radius 1 is 0.875 bits per heavy atom. The molecule has 10 heteroatoms. The number of rotatable bonds is 11. The predicted molar refractivity (Wildman–Crippen MR) is 161 cm³/mol. The molecule has 214 valence electrons. The minimum atomic E-state index is -4.22. The van der Waals surface area contributed by atoms with E-state index in [0.717, 1.165) is 21.0 Å². The van der Waals surface area contributed by atoms with E-state index in [0.29, 0.717) is 6.42 Å². The molecule has 0 aromatic heterocycles. The maximum absolute atomic E-state index is 14.1. The lowest BCUT2D eigenvalue weighted by molar-refractivity contribution is -0.140. The van der Waals surface area contributed by atoms with Crippen molar-refractivity contribution in [1.29, 1.82) is 0 Å². The van der Waals surface area contributed by atoms with Gasteiger partial charge in [0.15, 0.2) is 0 Å².